The molecule has 4 heterocycles. The number of benzene rings is 1. The molecule has 0 spiro atoms. The summed E-state index contributed by atoms with van der Waals surface area (Å²) in [6.45, 7) is 3.77. The van der Waals surface area contributed by atoms with Crippen LogP contribution in [0.5, 0.6) is 5.75 Å². The van der Waals surface area contributed by atoms with Crippen LogP contribution in [0.3, 0.4) is 0 Å². The maximum atomic E-state index is 5.43. The SMILES string of the molecule is COc1cccc(N2CCN(c3nc(-c4cccnc4)nc4sc5c(c34)CCCC5)CC2)c1. The molecule has 1 saturated heterocycles. The smallest absolute Gasteiger partial charge is 0.164 e. The average Bonchev–Trinajstić information content (AvgIpc) is 3.27. The Morgan fingerprint density at radius 3 is 2.61 bits per heavy atom. The van der Waals surface area contributed by atoms with Gasteiger partial charge < -0.3 is 14.5 Å². The monoisotopic (exact) mass is 457 g/mol. The number of thiophene rings is 1. The Morgan fingerprint density at radius 1 is 0.939 bits per heavy atom. The maximum absolute atomic E-state index is 5.43. The van der Waals surface area contributed by atoms with Gasteiger partial charge in [-0.3, -0.25) is 4.98 Å². The van der Waals surface area contributed by atoms with Crippen molar-refractivity contribution < 1.29 is 4.74 Å². The second kappa shape index (κ2) is 8.63. The molecule has 0 amide bonds. The molecule has 1 aliphatic heterocycles. The molecule has 0 radical (unpaired) electrons. The Morgan fingerprint density at radius 2 is 1.79 bits per heavy atom. The molecular weight excluding hydrogens is 430 g/mol. The summed E-state index contributed by atoms with van der Waals surface area (Å²) in [5.41, 5.74) is 3.68. The van der Waals surface area contributed by atoms with Gasteiger partial charge in [-0.05, 0) is 55.5 Å². The minimum atomic E-state index is 0.777. The van der Waals surface area contributed by atoms with Crippen molar-refractivity contribution in [1.29, 1.82) is 0 Å². The fourth-order valence-corrected chi connectivity index (χ4v) is 6.23. The largest absolute Gasteiger partial charge is 0.497 e. The summed E-state index contributed by atoms with van der Waals surface area (Å²) in [6, 6.07) is 12.3. The molecule has 1 aromatic carbocycles. The van der Waals surface area contributed by atoms with Gasteiger partial charge >= 0.3 is 0 Å². The van der Waals surface area contributed by atoms with Gasteiger partial charge in [-0.25, -0.2) is 9.97 Å². The van der Waals surface area contributed by atoms with Crippen LogP contribution in [0.25, 0.3) is 21.6 Å². The molecule has 168 valence electrons. The van der Waals surface area contributed by atoms with Crippen LogP contribution in [-0.2, 0) is 12.8 Å². The van der Waals surface area contributed by atoms with Gasteiger partial charge in [0.15, 0.2) is 5.82 Å². The van der Waals surface area contributed by atoms with E-state index in [1.54, 1.807) is 13.3 Å². The molecule has 0 bridgehead atoms. The number of aromatic nitrogens is 3. The molecule has 1 fully saturated rings. The zero-order valence-electron chi connectivity index (χ0n) is 18.8. The molecule has 7 heteroatoms. The summed E-state index contributed by atoms with van der Waals surface area (Å²) in [5.74, 6) is 2.78. The van der Waals surface area contributed by atoms with Gasteiger partial charge in [0.1, 0.15) is 16.4 Å². The molecule has 0 saturated carbocycles. The number of aryl methyl sites for hydroxylation is 2. The third-order valence-electron chi connectivity index (χ3n) is 6.71. The summed E-state index contributed by atoms with van der Waals surface area (Å²) >= 11 is 1.87. The Balaban J connectivity index is 1.37. The number of anilines is 2. The van der Waals surface area contributed by atoms with Crippen molar-refractivity contribution in [2.45, 2.75) is 25.7 Å². The highest BCUT2D eigenvalue weighted by atomic mass is 32.1. The van der Waals surface area contributed by atoms with Crippen LogP contribution < -0.4 is 14.5 Å². The van der Waals surface area contributed by atoms with Gasteiger partial charge in [-0.15, -0.1) is 11.3 Å². The Bertz CT molecular complexity index is 1280. The van der Waals surface area contributed by atoms with Crippen LogP contribution in [-0.4, -0.2) is 48.2 Å². The normalized spacial score (nSPS) is 16.2. The molecule has 2 aliphatic rings. The lowest BCUT2D eigenvalue weighted by Crippen LogP contribution is -2.47. The van der Waals surface area contributed by atoms with Crippen LogP contribution in [0.15, 0.2) is 48.8 Å². The van der Waals surface area contributed by atoms with Crippen LogP contribution in [0.2, 0.25) is 0 Å². The zero-order chi connectivity index (χ0) is 22.2. The van der Waals surface area contributed by atoms with E-state index in [2.05, 4.69) is 33.0 Å². The Kier molecular flexibility index (Phi) is 5.34. The van der Waals surface area contributed by atoms with Crippen LogP contribution in [0, 0.1) is 0 Å². The van der Waals surface area contributed by atoms with E-state index in [0.29, 0.717) is 0 Å². The van der Waals surface area contributed by atoms with Gasteiger partial charge in [-0.2, -0.15) is 0 Å². The van der Waals surface area contributed by atoms with Gasteiger partial charge in [0.25, 0.3) is 0 Å². The minimum Gasteiger partial charge on any atom is -0.497 e. The number of piperazine rings is 1. The van der Waals surface area contributed by atoms with E-state index in [9.17, 15) is 0 Å². The second-order valence-electron chi connectivity index (χ2n) is 8.68. The number of nitrogens with zero attached hydrogens (tertiary/aromatic N) is 5. The first-order chi connectivity index (χ1) is 16.3. The molecule has 4 aromatic rings. The second-order valence-corrected chi connectivity index (χ2v) is 9.76. The fourth-order valence-electron chi connectivity index (χ4n) is 4.97. The van der Waals surface area contributed by atoms with E-state index in [1.807, 2.05) is 35.7 Å². The van der Waals surface area contributed by atoms with E-state index in [-0.39, 0.29) is 0 Å². The van der Waals surface area contributed by atoms with E-state index in [0.717, 1.165) is 60.4 Å². The highest BCUT2D eigenvalue weighted by molar-refractivity contribution is 7.19. The summed E-state index contributed by atoms with van der Waals surface area (Å²) in [4.78, 5) is 22.0. The lowest BCUT2D eigenvalue weighted by molar-refractivity contribution is 0.414. The molecular formula is C26H27N5OS. The fraction of sp³-hybridized carbons (Fsp3) is 0.346. The number of hydrogen-bond donors (Lipinski definition) is 0. The lowest BCUT2D eigenvalue weighted by atomic mass is 9.96. The molecule has 6 rings (SSSR count). The number of ether oxygens (including phenoxy) is 1. The van der Waals surface area contributed by atoms with Crippen LogP contribution >= 0.6 is 11.3 Å². The third kappa shape index (κ3) is 3.80. The van der Waals surface area contributed by atoms with E-state index in [1.165, 1.54) is 40.8 Å². The molecule has 0 unspecified atom stereocenters. The van der Waals surface area contributed by atoms with Crippen molar-refractivity contribution in [3.63, 3.8) is 0 Å². The Labute approximate surface area is 197 Å². The van der Waals surface area contributed by atoms with Crippen molar-refractivity contribution in [2.75, 3.05) is 43.1 Å². The van der Waals surface area contributed by atoms with Crippen molar-refractivity contribution in [3.05, 3.63) is 59.2 Å². The number of fused-ring (bicyclic) bond motifs is 3. The zero-order valence-corrected chi connectivity index (χ0v) is 19.6. The first-order valence-electron chi connectivity index (χ1n) is 11.7. The highest BCUT2D eigenvalue weighted by Gasteiger charge is 2.26. The molecule has 0 atom stereocenters. The van der Waals surface area contributed by atoms with Crippen molar-refractivity contribution >= 4 is 33.1 Å². The highest BCUT2D eigenvalue weighted by Crippen LogP contribution is 2.41. The van der Waals surface area contributed by atoms with Gasteiger partial charge in [0, 0.05) is 60.8 Å². The molecule has 3 aromatic heterocycles. The van der Waals surface area contributed by atoms with Gasteiger partial charge in [0.2, 0.25) is 0 Å². The number of hydrogen-bond acceptors (Lipinski definition) is 7. The third-order valence-corrected chi connectivity index (χ3v) is 7.90. The van der Waals surface area contributed by atoms with E-state index >= 15 is 0 Å². The van der Waals surface area contributed by atoms with Crippen LogP contribution in [0.1, 0.15) is 23.3 Å². The standard InChI is InChI=1S/C26H27N5OS/c1-32-20-8-4-7-19(16-20)30-12-14-31(15-13-30)25-23-21-9-2-3-10-22(21)33-26(23)29-24(28-25)18-6-5-11-27-17-18/h4-8,11,16-17H,2-3,9-10,12-15H2,1H3. The van der Waals surface area contributed by atoms with E-state index in [4.69, 9.17) is 14.7 Å². The molecule has 6 nitrogen and oxygen atoms in total. The quantitative estimate of drug-likeness (QED) is 0.431. The minimum absolute atomic E-state index is 0.777. The summed E-state index contributed by atoms with van der Waals surface area (Å²) < 4.78 is 5.43. The van der Waals surface area contributed by atoms with Gasteiger partial charge in [0.05, 0.1) is 12.5 Å². The van der Waals surface area contributed by atoms with Crippen molar-refractivity contribution in [2.24, 2.45) is 0 Å². The van der Waals surface area contributed by atoms with Crippen molar-refractivity contribution in [1.82, 2.24) is 15.0 Å². The maximum Gasteiger partial charge on any atom is 0.164 e. The number of pyridine rings is 1. The molecule has 0 N–H and O–H groups in total. The topological polar surface area (TPSA) is 54.4 Å². The number of methoxy groups -OCH3 is 1. The summed E-state index contributed by atoms with van der Waals surface area (Å²) in [5, 5.41) is 1.29. The first kappa shape index (κ1) is 20.4. The van der Waals surface area contributed by atoms with Crippen LogP contribution in [0.4, 0.5) is 11.5 Å². The summed E-state index contributed by atoms with van der Waals surface area (Å²) in [6.07, 6.45) is 8.50. The van der Waals surface area contributed by atoms with Gasteiger partial charge in [-0.1, -0.05) is 6.07 Å². The molecule has 1 aliphatic carbocycles. The van der Waals surface area contributed by atoms with Crippen molar-refractivity contribution in [3.8, 4) is 17.1 Å². The predicted octanol–water partition coefficient (Wildman–Crippen LogP) is 4.97. The predicted molar refractivity (Wildman–Crippen MR) is 135 cm³/mol. The van der Waals surface area contributed by atoms with E-state index < -0.39 is 0 Å². The first-order valence-corrected chi connectivity index (χ1v) is 12.5. The average molecular weight is 458 g/mol. The molecule has 33 heavy (non-hydrogen) atoms. The lowest BCUT2D eigenvalue weighted by Gasteiger charge is -2.37. The Hall–Kier alpha value is -3.19. The summed E-state index contributed by atoms with van der Waals surface area (Å²) in [7, 11) is 1.72. The number of rotatable bonds is 4.